The Morgan fingerprint density at radius 1 is 1.12 bits per heavy atom. The molecule has 13 nitrogen and oxygen atoms in total. The number of H-pyrrole nitrogens is 1. The molecule has 0 saturated heterocycles. The van der Waals surface area contributed by atoms with Crippen LogP contribution in [0.4, 0.5) is 0 Å². The van der Waals surface area contributed by atoms with Crippen molar-refractivity contribution in [1.29, 1.82) is 0 Å². The number of rotatable bonds is 15. The number of aromatic nitrogens is 2. The average molecular weight is 473 g/mol. The standard InChI is InChI=1S/C18H28N6O7S/c1-32-5-4-11(19)16(28)24-13(6-10-7-20-9-22-10)17(29)21-8-14(25)23-12(18(30)31)2-3-15(26)27/h7,9,11-13H,2-6,8,19H2,1H3,(H,20,22)(H,21,29)(H,23,25)(H,24,28)(H,26,27)(H,30,31). The molecule has 0 saturated carbocycles. The van der Waals surface area contributed by atoms with E-state index in [4.69, 9.17) is 15.9 Å². The topological polar surface area (TPSA) is 217 Å². The van der Waals surface area contributed by atoms with Crippen LogP contribution in [-0.4, -0.2) is 86.5 Å². The van der Waals surface area contributed by atoms with Gasteiger partial charge in [-0.25, -0.2) is 9.78 Å². The van der Waals surface area contributed by atoms with Crippen LogP contribution >= 0.6 is 11.8 Å². The van der Waals surface area contributed by atoms with Crippen LogP contribution in [0.15, 0.2) is 12.5 Å². The second-order valence-electron chi connectivity index (χ2n) is 6.84. The highest BCUT2D eigenvalue weighted by Gasteiger charge is 2.26. The summed E-state index contributed by atoms with van der Waals surface area (Å²) in [5, 5.41) is 24.8. The summed E-state index contributed by atoms with van der Waals surface area (Å²) in [5.74, 6) is -3.96. The summed E-state index contributed by atoms with van der Waals surface area (Å²) in [4.78, 5) is 65.4. The van der Waals surface area contributed by atoms with Crippen molar-refractivity contribution in [2.75, 3.05) is 18.6 Å². The zero-order valence-electron chi connectivity index (χ0n) is 17.5. The summed E-state index contributed by atoms with van der Waals surface area (Å²) in [5.41, 5.74) is 6.40. The lowest BCUT2D eigenvalue weighted by molar-refractivity contribution is -0.143. The molecule has 3 unspecified atom stereocenters. The van der Waals surface area contributed by atoms with E-state index in [0.717, 1.165) is 0 Å². The minimum Gasteiger partial charge on any atom is -0.481 e. The molecule has 0 aromatic carbocycles. The minimum absolute atomic E-state index is 0.0603. The molecule has 8 N–H and O–H groups in total. The molecule has 1 aromatic rings. The van der Waals surface area contributed by atoms with Crippen LogP contribution in [0.5, 0.6) is 0 Å². The van der Waals surface area contributed by atoms with Gasteiger partial charge in [0.1, 0.15) is 12.1 Å². The van der Waals surface area contributed by atoms with E-state index in [2.05, 4.69) is 25.9 Å². The first-order valence-corrected chi connectivity index (χ1v) is 11.1. The molecule has 32 heavy (non-hydrogen) atoms. The molecule has 1 heterocycles. The maximum Gasteiger partial charge on any atom is 0.326 e. The normalized spacial score (nSPS) is 13.4. The van der Waals surface area contributed by atoms with Crippen LogP contribution in [0.2, 0.25) is 0 Å². The second kappa shape index (κ2) is 14.0. The fourth-order valence-corrected chi connectivity index (χ4v) is 3.03. The third kappa shape index (κ3) is 10.3. The molecule has 3 amide bonds. The van der Waals surface area contributed by atoms with Gasteiger partial charge in [-0.1, -0.05) is 0 Å². The van der Waals surface area contributed by atoms with Crippen LogP contribution in [0.25, 0.3) is 0 Å². The van der Waals surface area contributed by atoms with E-state index in [9.17, 15) is 24.0 Å². The Kier molecular flexibility index (Phi) is 11.8. The number of carboxylic acids is 2. The van der Waals surface area contributed by atoms with E-state index in [0.29, 0.717) is 17.9 Å². The number of nitrogens with zero attached hydrogens (tertiary/aromatic N) is 1. The van der Waals surface area contributed by atoms with E-state index >= 15 is 0 Å². The van der Waals surface area contributed by atoms with Crippen molar-refractivity contribution in [3.8, 4) is 0 Å². The summed E-state index contributed by atoms with van der Waals surface area (Å²) in [6.45, 7) is -0.566. The molecule has 1 aromatic heterocycles. The van der Waals surface area contributed by atoms with Gasteiger partial charge in [0.25, 0.3) is 0 Å². The number of aliphatic carboxylic acids is 2. The number of amides is 3. The Balaban J connectivity index is 2.69. The Labute approximate surface area is 188 Å². The zero-order valence-corrected chi connectivity index (χ0v) is 18.3. The summed E-state index contributed by atoms with van der Waals surface area (Å²) in [6, 6.07) is -3.28. The van der Waals surface area contributed by atoms with Crippen molar-refractivity contribution in [2.45, 2.75) is 43.8 Å². The third-order valence-electron chi connectivity index (χ3n) is 4.28. The molecule has 0 aliphatic rings. The van der Waals surface area contributed by atoms with Gasteiger partial charge in [-0.3, -0.25) is 19.2 Å². The molecular formula is C18H28N6O7S. The predicted molar refractivity (Wildman–Crippen MR) is 115 cm³/mol. The Hall–Kier alpha value is -3.13. The number of imidazole rings is 1. The van der Waals surface area contributed by atoms with Gasteiger partial charge in [0.15, 0.2) is 0 Å². The quantitative estimate of drug-likeness (QED) is 0.150. The van der Waals surface area contributed by atoms with Crippen molar-refractivity contribution in [1.82, 2.24) is 25.9 Å². The predicted octanol–water partition coefficient (Wildman–Crippen LogP) is -1.93. The van der Waals surface area contributed by atoms with Gasteiger partial charge in [0.05, 0.1) is 18.9 Å². The van der Waals surface area contributed by atoms with E-state index < -0.39 is 60.8 Å². The first-order valence-electron chi connectivity index (χ1n) is 9.67. The number of carbonyl (C=O) groups is 5. The number of thioether (sulfide) groups is 1. The highest BCUT2D eigenvalue weighted by Crippen LogP contribution is 2.03. The number of hydrogen-bond donors (Lipinski definition) is 7. The molecular weight excluding hydrogens is 444 g/mol. The highest BCUT2D eigenvalue weighted by atomic mass is 32.2. The van der Waals surface area contributed by atoms with Gasteiger partial charge in [0, 0.05) is 24.7 Å². The molecule has 0 radical (unpaired) electrons. The summed E-state index contributed by atoms with van der Waals surface area (Å²) >= 11 is 1.53. The van der Waals surface area contributed by atoms with Gasteiger partial charge >= 0.3 is 11.9 Å². The average Bonchev–Trinajstić information content (AvgIpc) is 3.25. The lowest BCUT2D eigenvalue weighted by Crippen LogP contribution is -2.54. The maximum absolute atomic E-state index is 12.6. The molecule has 0 bridgehead atoms. The van der Waals surface area contributed by atoms with E-state index in [1.165, 1.54) is 24.3 Å². The van der Waals surface area contributed by atoms with Crippen LogP contribution in [0, 0.1) is 0 Å². The largest absolute Gasteiger partial charge is 0.481 e. The second-order valence-corrected chi connectivity index (χ2v) is 7.82. The lowest BCUT2D eigenvalue weighted by Gasteiger charge is -2.20. The molecule has 3 atom stereocenters. The highest BCUT2D eigenvalue weighted by molar-refractivity contribution is 7.98. The molecule has 1 rings (SSSR count). The number of aromatic amines is 1. The SMILES string of the molecule is CSCCC(N)C(=O)NC(Cc1cnc[nH]1)C(=O)NCC(=O)NC(CCC(=O)O)C(=O)O. The third-order valence-corrected chi connectivity index (χ3v) is 4.93. The lowest BCUT2D eigenvalue weighted by atomic mass is 10.1. The summed E-state index contributed by atoms with van der Waals surface area (Å²) < 4.78 is 0. The van der Waals surface area contributed by atoms with Gasteiger partial charge in [-0.2, -0.15) is 11.8 Å². The van der Waals surface area contributed by atoms with E-state index in [1.54, 1.807) is 0 Å². The first-order chi connectivity index (χ1) is 15.1. The van der Waals surface area contributed by atoms with Crippen LogP contribution < -0.4 is 21.7 Å². The van der Waals surface area contributed by atoms with Crippen molar-refractivity contribution in [3.63, 3.8) is 0 Å². The van der Waals surface area contributed by atoms with Crippen molar-refractivity contribution < 1.29 is 34.2 Å². The van der Waals surface area contributed by atoms with Crippen LogP contribution in [0.3, 0.4) is 0 Å². The number of carbonyl (C=O) groups excluding carboxylic acids is 3. The first kappa shape index (κ1) is 26.9. The number of carboxylic acid groups (broad SMARTS) is 2. The molecule has 178 valence electrons. The molecule has 14 heteroatoms. The van der Waals surface area contributed by atoms with Crippen molar-refractivity contribution >= 4 is 41.4 Å². The fraction of sp³-hybridized carbons (Fsp3) is 0.556. The van der Waals surface area contributed by atoms with Gasteiger partial charge in [-0.05, 0) is 24.9 Å². The number of hydrogen-bond acceptors (Lipinski definition) is 8. The van der Waals surface area contributed by atoms with E-state index in [1.807, 2.05) is 6.26 Å². The van der Waals surface area contributed by atoms with Crippen LogP contribution in [-0.2, 0) is 30.4 Å². The number of nitrogens with one attached hydrogen (secondary N) is 4. The molecule has 0 aliphatic heterocycles. The van der Waals surface area contributed by atoms with E-state index in [-0.39, 0.29) is 12.8 Å². The molecule has 0 aliphatic carbocycles. The zero-order chi connectivity index (χ0) is 24.1. The smallest absolute Gasteiger partial charge is 0.326 e. The van der Waals surface area contributed by atoms with Gasteiger partial charge < -0.3 is 36.9 Å². The number of nitrogens with two attached hydrogens (primary N) is 1. The van der Waals surface area contributed by atoms with Gasteiger partial charge in [0.2, 0.25) is 17.7 Å². The molecule has 0 spiro atoms. The van der Waals surface area contributed by atoms with Crippen LogP contribution in [0.1, 0.15) is 25.0 Å². The Morgan fingerprint density at radius 2 is 1.84 bits per heavy atom. The molecule has 0 fully saturated rings. The minimum atomic E-state index is -1.41. The summed E-state index contributed by atoms with van der Waals surface area (Å²) in [7, 11) is 0. The van der Waals surface area contributed by atoms with Crippen molar-refractivity contribution in [3.05, 3.63) is 18.2 Å². The Bertz CT molecular complexity index is 789. The monoisotopic (exact) mass is 472 g/mol. The fourth-order valence-electron chi connectivity index (χ4n) is 2.54. The summed E-state index contributed by atoms with van der Waals surface area (Å²) in [6.07, 6.45) is 4.49. The Morgan fingerprint density at radius 3 is 2.41 bits per heavy atom. The van der Waals surface area contributed by atoms with Crippen molar-refractivity contribution in [2.24, 2.45) is 5.73 Å². The van der Waals surface area contributed by atoms with Gasteiger partial charge in [-0.15, -0.1) is 0 Å². The maximum atomic E-state index is 12.6.